The molecule has 1 heterocycles. The zero-order valence-corrected chi connectivity index (χ0v) is 11.7. The van der Waals surface area contributed by atoms with Gasteiger partial charge < -0.3 is 10.6 Å². The summed E-state index contributed by atoms with van der Waals surface area (Å²) in [7, 11) is 0. The second-order valence-corrected chi connectivity index (χ2v) is 6.17. The molecule has 0 aliphatic heterocycles. The predicted octanol–water partition coefficient (Wildman–Crippen LogP) is 2.63. The number of hydrogen-bond acceptors (Lipinski definition) is 3. The molecule has 0 bridgehead atoms. The highest BCUT2D eigenvalue weighted by atomic mass is 32.1. The predicted molar refractivity (Wildman–Crippen MR) is 74.0 cm³/mol. The molecule has 0 unspecified atom stereocenters. The highest BCUT2D eigenvalue weighted by Gasteiger charge is 2.15. The summed E-state index contributed by atoms with van der Waals surface area (Å²) in [6.07, 6.45) is 8.73. The molecule has 1 aromatic rings. The van der Waals surface area contributed by atoms with E-state index in [4.69, 9.17) is 0 Å². The smallest absolute Gasteiger partial charge is 0.315 e. The summed E-state index contributed by atoms with van der Waals surface area (Å²) in [6.45, 7) is 2.70. The summed E-state index contributed by atoms with van der Waals surface area (Å²) in [5.74, 6) is 0. The minimum atomic E-state index is -0.0322. The first kappa shape index (κ1) is 13.3. The number of amides is 2. The highest BCUT2D eigenvalue weighted by molar-refractivity contribution is 7.11. The topological polar surface area (TPSA) is 54.0 Å². The summed E-state index contributed by atoms with van der Waals surface area (Å²) >= 11 is 1.69. The first-order valence-corrected chi connectivity index (χ1v) is 7.51. The van der Waals surface area contributed by atoms with Gasteiger partial charge in [0.15, 0.2) is 0 Å². The van der Waals surface area contributed by atoms with Crippen molar-refractivity contribution in [2.45, 2.75) is 51.5 Å². The van der Waals surface area contributed by atoms with E-state index in [1.165, 1.54) is 24.1 Å². The van der Waals surface area contributed by atoms with Crippen molar-refractivity contribution < 1.29 is 4.79 Å². The van der Waals surface area contributed by atoms with Crippen molar-refractivity contribution in [2.24, 2.45) is 0 Å². The fourth-order valence-electron chi connectivity index (χ4n) is 2.28. The van der Waals surface area contributed by atoms with Crippen LogP contribution in [-0.4, -0.2) is 23.6 Å². The van der Waals surface area contributed by atoms with Crippen LogP contribution < -0.4 is 10.6 Å². The number of urea groups is 1. The van der Waals surface area contributed by atoms with Crippen LogP contribution in [0.4, 0.5) is 4.79 Å². The summed E-state index contributed by atoms with van der Waals surface area (Å²) in [5.41, 5.74) is 0. The minimum Gasteiger partial charge on any atom is -0.338 e. The molecular formula is C13H21N3OS. The van der Waals surface area contributed by atoms with Crippen LogP contribution in [0.2, 0.25) is 0 Å². The lowest BCUT2D eigenvalue weighted by molar-refractivity contribution is 0.233. The van der Waals surface area contributed by atoms with Gasteiger partial charge in [-0.3, -0.25) is 0 Å². The van der Waals surface area contributed by atoms with E-state index in [0.717, 1.165) is 24.3 Å². The third kappa shape index (κ3) is 4.29. The fourth-order valence-corrected chi connectivity index (χ4v) is 3.07. The van der Waals surface area contributed by atoms with Crippen LogP contribution in [0.15, 0.2) is 6.20 Å². The maximum atomic E-state index is 11.7. The zero-order chi connectivity index (χ0) is 12.8. The normalized spacial score (nSPS) is 16.5. The maximum absolute atomic E-state index is 11.7. The van der Waals surface area contributed by atoms with Crippen LogP contribution in [0.5, 0.6) is 0 Å². The van der Waals surface area contributed by atoms with Crippen molar-refractivity contribution in [1.29, 1.82) is 0 Å². The number of carbonyl (C=O) groups excluding carboxylic acids is 1. The van der Waals surface area contributed by atoms with Gasteiger partial charge in [0.2, 0.25) is 0 Å². The lowest BCUT2D eigenvalue weighted by Crippen LogP contribution is -2.43. The van der Waals surface area contributed by atoms with Crippen LogP contribution in [0.1, 0.15) is 42.0 Å². The fraction of sp³-hybridized carbons (Fsp3) is 0.692. The molecule has 1 aliphatic carbocycles. The largest absolute Gasteiger partial charge is 0.338 e. The standard InChI is InChI=1S/C13H21N3OS/c1-10-9-15-12(18-10)7-8-14-13(17)16-11-5-3-2-4-6-11/h9,11H,2-8H2,1H3,(H2,14,16,17). The van der Waals surface area contributed by atoms with Gasteiger partial charge in [0.25, 0.3) is 0 Å². The number of nitrogens with zero attached hydrogens (tertiary/aromatic N) is 1. The number of hydrogen-bond donors (Lipinski definition) is 2. The molecule has 4 nitrogen and oxygen atoms in total. The van der Waals surface area contributed by atoms with E-state index >= 15 is 0 Å². The van der Waals surface area contributed by atoms with Gasteiger partial charge in [-0.1, -0.05) is 19.3 Å². The van der Waals surface area contributed by atoms with Crippen molar-refractivity contribution in [3.63, 3.8) is 0 Å². The first-order chi connectivity index (χ1) is 8.74. The van der Waals surface area contributed by atoms with E-state index in [0.29, 0.717) is 12.6 Å². The molecule has 0 saturated heterocycles. The van der Waals surface area contributed by atoms with Crippen molar-refractivity contribution in [3.05, 3.63) is 16.1 Å². The van der Waals surface area contributed by atoms with E-state index in [9.17, 15) is 4.79 Å². The average Bonchev–Trinajstić information content (AvgIpc) is 2.76. The molecule has 0 aromatic carbocycles. The molecular weight excluding hydrogens is 246 g/mol. The average molecular weight is 267 g/mol. The Bertz CT molecular complexity index is 385. The van der Waals surface area contributed by atoms with Crippen molar-refractivity contribution in [3.8, 4) is 0 Å². The summed E-state index contributed by atoms with van der Waals surface area (Å²) in [4.78, 5) is 17.2. The molecule has 2 N–H and O–H groups in total. The molecule has 100 valence electrons. The molecule has 18 heavy (non-hydrogen) atoms. The van der Waals surface area contributed by atoms with E-state index in [1.54, 1.807) is 11.3 Å². The Labute approximate surface area is 112 Å². The summed E-state index contributed by atoms with van der Waals surface area (Å²) in [5, 5.41) is 7.04. The van der Waals surface area contributed by atoms with Crippen molar-refractivity contribution in [2.75, 3.05) is 6.54 Å². The number of aromatic nitrogens is 1. The Morgan fingerprint density at radius 2 is 2.22 bits per heavy atom. The molecule has 0 radical (unpaired) electrons. The molecule has 1 aliphatic rings. The Kier molecular flexibility index (Phi) is 4.99. The van der Waals surface area contributed by atoms with Gasteiger partial charge in [-0.25, -0.2) is 9.78 Å². The van der Waals surface area contributed by atoms with Crippen molar-refractivity contribution in [1.82, 2.24) is 15.6 Å². The zero-order valence-electron chi connectivity index (χ0n) is 10.9. The van der Waals surface area contributed by atoms with E-state index in [2.05, 4.69) is 15.6 Å². The number of carbonyl (C=O) groups is 1. The second kappa shape index (κ2) is 6.73. The summed E-state index contributed by atoms with van der Waals surface area (Å²) in [6, 6.07) is 0.344. The van der Waals surface area contributed by atoms with Gasteiger partial charge in [0, 0.05) is 30.1 Å². The lowest BCUT2D eigenvalue weighted by atomic mass is 9.96. The SMILES string of the molecule is Cc1cnc(CCNC(=O)NC2CCCCC2)s1. The van der Waals surface area contributed by atoms with Crippen LogP contribution in [0.3, 0.4) is 0 Å². The van der Waals surface area contributed by atoms with Gasteiger partial charge in [0.1, 0.15) is 0 Å². The Morgan fingerprint density at radius 3 is 2.89 bits per heavy atom. The first-order valence-electron chi connectivity index (χ1n) is 6.70. The molecule has 5 heteroatoms. The van der Waals surface area contributed by atoms with Gasteiger partial charge in [-0.2, -0.15) is 0 Å². The molecule has 0 spiro atoms. The Morgan fingerprint density at radius 1 is 1.44 bits per heavy atom. The van der Waals surface area contributed by atoms with Gasteiger partial charge >= 0.3 is 6.03 Å². The number of rotatable bonds is 4. The molecule has 1 saturated carbocycles. The van der Waals surface area contributed by atoms with E-state index < -0.39 is 0 Å². The highest BCUT2D eigenvalue weighted by Crippen LogP contribution is 2.17. The maximum Gasteiger partial charge on any atom is 0.315 e. The van der Waals surface area contributed by atoms with Crippen molar-refractivity contribution >= 4 is 17.4 Å². The molecule has 1 fully saturated rings. The van der Waals surface area contributed by atoms with Crippen LogP contribution in [-0.2, 0) is 6.42 Å². The monoisotopic (exact) mass is 267 g/mol. The summed E-state index contributed by atoms with van der Waals surface area (Å²) < 4.78 is 0. The van der Waals surface area contributed by atoms with Gasteiger partial charge in [0.05, 0.1) is 5.01 Å². The number of nitrogens with one attached hydrogen (secondary N) is 2. The molecule has 1 aromatic heterocycles. The second-order valence-electron chi connectivity index (χ2n) is 4.85. The minimum absolute atomic E-state index is 0.0322. The van der Waals surface area contributed by atoms with E-state index in [-0.39, 0.29) is 6.03 Å². The third-order valence-corrected chi connectivity index (χ3v) is 4.21. The van der Waals surface area contributed by atoms with Crippen LogP contribution in [0, 0.1) is 6.92 Å². The lowest BCUT2D eigenvalue weighted by Gasteiger charge is -2.22. The van der Waals surface area contributed by atoms with E-state index in [1.807, 2.05) is 13.1 Å². The number of aryl methyl sites for hydroxylation is 1. The molecule has 2 rings (SSSR count). The molecule has 0 atom stereocenters. The Balaban J connectivity index is 1.62. The quantitative estimate of drug-likeness (QED) is 0.881. The van der Waals surface area contributed by atoms with Gasteiger partial charge in [-0.05, 0) is 19.8 Å². The number of thiazole rings is 1. The third-order valence-electron chi connectivity index (χ3n) is 3.23. The van der Waals surface area contributed by atoms with Gasteiger partial charge in [-0.15, -0.1) is 11.3 Å². The van der Waals surface area contributed by atoms with Crippen LogP contribution in [0.25, 0.3) is 0 Å². The molecule has 2 amide bonds. The Hall–Kier alpha value is -1.10. The van der Waals surface area contributed by atoms with Crippen LogP contribution >= 0.6 is 11.3 Å².